The van der Waals surface area contributed by atoms with Crippen LogP contribution in [0, 0.1) is 0 Å². The average Bonchev–Trinajstić information content (AvgIpc) is 2.79. The molecule has 148 valence electrons. The molecule has 28 heavy (non-hydrogen) atoms. The predicted octanol–water partition coefficient (Wildman–Crippen LogP) is 2.40. The molecule has 3 heterocycles. The average molecular weight is 399 g/mol. The van der Waals surface area contributed by atoms with Gasteiger partial charge in [0.15, 0.2) is 0 Å². The van der Waals surface area contributed by atoms with Crippen LogP contribution >= 0.6 is 11.8 Å². The number of morpholine rings is 1. The van der Waals surface area contributed by atoms with Gasteiger partial charge in [-0.2, -0.15) is 11.8 Å². The Labute approximate surface area is 170 Å². The predicted molar refractivity (Wildman–Crippen MR) is 114 cm³/mol. The number of ether oxygens (including phenoxy) is 1. The Bertz CT molecular complexity index is 770. The van der Waals surface area contributed by atoms with Gasteiger partial charge < -0.3 is 19.9 Å². The fraction of sp³-hybridized carbons (Fsp3) is 0.429. The molecule has 6 nitrogen and oxygen atoms in total. The van der Waals surface area contributed by atoms with Crippen molar-refractivity contribution in [1.29, 1.82) is 0 Å². The fourth-order valence-corrected chi connectivity index (χ4v) is 4.33. The number of amides is 1. The van der Waals surface area contributed by atoms with Gasteiger partial charge in [0.05, 0.1) is 18.8 Å². The molecule has 0 saturated carbocycles. The summed E-state index contributed by atoms with van der Waals surface area (Å²) in [5, 5.41) is 2.98. The Hall–Kier alpha value is -2.25. The zero-order valence-electron chi connectivity index (χ0n) is 16.0. The van der Waals surface area contributed by atoms with E-state index >= 15 is 0 Å². The summed E-state index contributed by atoms with van der Waals surface area (Å²) in [4.78, 5) is 21.5. The summed E-state index contributed by atoms with van der Waals surface area (Å²) in [5.74, 6) is 3.18. The minimum atomic E-state index is -0.0989. The van der Waals surface area contributed by atoms with Gasteiger partial charge >= 0.3 is 0 Å². The van der Waals surface area contributed by atoms with Gasteiger partial charge in [0.25, 0.3) is 5.91 Å². The van der Waals surface area contributed by atoms with Crippen molar-refractivity contribution in [3.63, 3.8) is 0 Å². The third kappa shape index (κ3) is 4.77. The van der Waals surface area contributed by atoms with E-state index in [2.05, 4.69) is 44.4 Å². The summed E-state index contributed by atoms with van der Waals surface area (Å²) in [7, 11) is 0. The molecule has 1 N–H and O–H groups in total. The zero-order chi connectivity index (χ0) is 19.2. The number of hydrogen-bond acceptors (Lipinski definition) is 6. The zero-order valence-corrected chi connectivity index (χ0v) is 16.8. The van der Waals surface area contributed by atoms with Crippen molar-refractivity contribution in [3.8, 4) is 0 Å². The van der Waals surface area contributed by atoms with Crippen LogP contribution in [0.25, 0.3) is 0 Å². The lowest BCUT2D eigenvalue weighted by atomic mass is 10.2. The molecule has 2 saturated heterocycles. The number of thioether (sulfide) groups is 1. The second-order valence-corrected chi connectivity index (χ2v) is 8.18. The third-order valence-electron chi connectivity index (χ3n) is 5.11. The first-order valence-corrected chi connectivity index (χ1v) is 10.9. The number of carbonyl (C=O) groups is 1. The molecule has 2 aliphatic heterocycles. The molecule has 1 aromatic carbocycles. The molecular weight excluding hydrogens is 372 g/mol. The molecule has 0 unspecified atom stereocenters. The molecule has 0 aliphatic carbocycles. The van der Waals surface area contributed by atoms with Crippen LogP contribution in [-0.4, -0.2) is 61.8 Å². The van der Waals surface area contributed by atoms with Crippen LogP contribution < -0.4 is 15.1 Å². The van der Waals surface area contributed by atoms with Crippen molar-refractivity contribution in [2.24, 2.45) is 0 Å². The van der Waals surface area contributed by atoms with Crippen LogP contribution in [0.4, 0.5) is 11.5 Å². The van der Waals surface area contributed by atoms with Gasteiger partial charge in [-0.05, 0) is 29.8 Å². The largest absolute Gasteiger partial charge is 0.378 e. The van der Waals surface area contributed by atoms with E-state index in [0.717, 1.165) is 50.8 Å². The summed E-state index contributed by atoms with van der Waals surface area (Å²) in [6.45, 7) is 5.84. The molecule has 0 bridgehead atoms. The van der Waals surface area contributed by atoms with E-state index in [9.17, 15) is 4.79 Å². The van der Waals surface area contributed by atoms with E-state index in [4.69, 9.17) is 4.74 Å². The normalized spacial score (nSPS) is 17.4. The van der Waals surface area contributed by atoms with Crippen molar-refractivity contribution in [2.45, 2.75) is 6.54 Å². The lowest BCUT2D eigenvalue weighted by Gasteiger charge is -2.28. The number of pyridine rings is 1. The van der Waals surface area contributed by atoms with Crippen LogP contribution in [0.1, 0.15) is 15.9 Å². The van der Waals surface area contributed by atoms with E-state index in [0.29, 0.717) is 12.1 Å². The summed E-state index contributed by atoms with van der Waals surface area (Å²) >= 11 is 2.01. The van der Waals surface area contributed by atoms with Crippen LogP contribution in [-0.2, 0) is 11.3 Å². The van der Waals surface area contributed by atoms with E-state index in [-0.39, 0.29) is 5.91 Å². The molecule has 1 amide bonds. The second kappa shape index (κ2) is 9.30. The number of carbonyl (C=O) groups excluding carboxylic acids is 1. The van der Waals surface area contributed by atoms with Crippen LogP contribution in [0.2, 0.25) is 0 Å². The highest BCUT2D eigenvalue weighted by Gasteiger charge is 2.14. The minimum absolute atomic E-state index is 0.0989. The molecule has 2 fully saturated rings. The highest BCUT2D eigenvalue weighted by atomic mass is 32.2. The maximum Gasteiger partial charge on any atom is 0.253 e. The van der Waals surface area contributed by atoms with Gasteiger partial charge in [-0.25, -0.2) is 4.98 Å². The molecule has 0 radical (unpaired) electrons. The number of aromatic nitrogens is 1. The van der Waals surface area contributed by atoms with Crippen molar-refractivity contribution >= 4 is 29.2 Å². The molecule has 4 rings (SSSR count). The summed E-state index contributed by atoms with van der Waals surface area (Å²) in [5.41, 5.74) is 2.94. The number of anilines is 2. The van der Waals surface area contributed by atoms with Crippen LogP contribution in [0.15, 0.2) is 42.6 Å². The first-order chi connectivity index (χ1) is 13.8. The fourth-order valence-electron chi connectivity index (χ4n) is 3.43. The number of rotatable bonds is 5. The van der Waals surface area contributed by atoms with Gasteiger partial charge in [-0.15, -0.1) is 0 Å². The molecule has 0 atom stereocenters. The van der Waals surface area contributed by atoms with Crippen molar-refractivity contribution in [1.82, 2.24) is 10.3 Å². The molecule has 7 heteroatoms. The smallest absolute Gasteiger partial charge is 0.253 e. The van der Waals surface area contributed by atoms with E-state index < -0.39 is 0 Å². The number of nitrogens with zero attached hydrogens (tertiary/aromatic N) is 3. The maximum absolute atomic E-state index is 12.4. The quantitative estimate of drug-likeness (QED) is 0.835. The highest BCUT2D eigenvalue weighted by Crippen LogP contribution is 2.20. The molecular formula is C21H26N4O2S. The Morgan fingerprint density at radius 2 is 1.75 bits per heavy atom. The number of benzene rings is 1. The van der Waals surface area contributed by atoms with Crippen molar-refractivity contribution < 1.29 is 9.53 Å². The first kappa shape index (κ1) is 19.1. The summed E-state index contributed by atoms with van der Waals surface area (Å²) in [6.07, 6.45) is 1.65. The first-order valence-electron chi connectivity index (χ1n) is 9.78. The monoisotopic (exact) mass is 398 g/mol. The summed E-state index contributed by atoms with van der Waals surface area (Å²) in [6, 6.07) is 12.2. The SMILES string of the molecule is O=C(NCc1ccc(N2CCSCC2)cc1)c1ccc(N2CCOCC2)nc1. The maximum atomic E-state index is 12.4. The Kier molecular flexibility index (Phi) is 6.34. The van der Waals surface area contributed by atoms with Crippen molar-refractivity contribution in [2.75, 3.05) is 60.7 Å². The van der Waals surface area contributed by atoms with Gasteiger partial charge in [-0.1, -0.05) is 12.1 Å². The Morgan fingerprint density at radius 1 is 1.00 bits per heavy atom. The van der Waals surface area contributed by atoms with E-state index in [1.807, 2.05) is 23.9 Å². The molecule has 1 aromatic heterocycles. The van der Waals surface area contributed by atoms with E-state index in [1.54, 1.807) is 6.20 Å². The van der Waals surface area contributed by atoms with Crippen LogP contribution in [0.5, 0.6) is 0 Å². The topological polar surface area (TPSA) is 57.7 Å². The summed E-state index contributed by atoms with van der Waals surface area (Å²) < 4.78 is 5.36. The van der Waals surface area contributed by atoms with Gasteiger partial charge in [0.1, 0.15) is 5.82 Å². The van der Waals surface area contributed by atoms with Gasteiger partial charge in [0.2, 0.25) is 0 Å². The molecule has 2 aliphatic rings. The Morgan fingerprint density at radius 3 is 2.43 bits per heavy atom. The van der Waals surface area contributed by atoms with Gasteiger partial charge in [0, 0.05) is 56.1 Å². The molecule has 0 spiro atoms. The van der Waals surface area contributed by atoms with E-state index in [1.165, 1.54) is 17.2 Å². The van der Waals surface area contributed by atoms with Gasteiger partial charge in [-0.3, -0.25) is 4.79 Å². The number of hydrogen-bond donors (Lipinski definition) is 1. The van der Waals surface area contributed by atoms with Crippen molar-refractivity contribution in [3.05, 3.63) is 53.7 Å². The minimum Gasteiger partial charge on any atom is -0.378 e. The van der Waals surface area contributed by atoms with Crippen LogP contribution in [0.3, 0.4) is 0 Å². The lowest BCUT2D eigenvalue weighted by Crippen LogP contribution is -2.36. The number of nitrogens with one attached hydrogen (secondary N) is 1. The third-order valence-corrected chi connectivity index (χ3v) is 6.05. The Balaban J connectivity index is 1.30. The standard InChI is InChI=1S/C21H26N4O2S/c26-21(18-3-6-20(22-16-18)25-7-11-27-12-8-25)23-15-17-1-4-19(5-2-17)24-9-13-28-14-10-24/h1-6,16H,7-15H2,(H,23,26). The highest BCUT2D eigenvalue weighted by molar-refractivity contribution is 7.99. The molecule has 2 aromatic rings. The lowest BCUT2D eigenvalue weighted by molar-refractivity contribution is 0.0950. The second-order valence-electron chi connectivity index (χ2n) is 6.95.